The number of halogens is 3. The highest BCUT2D eigenvalue weighted by atomic mass is 19.4. The van der Waals surface area contributed by atoms with E-state index in [1.807, 2.05) is 6.07 Å². The van der Waals surface area contributed by atoms with Crippen molar-refractivity contribution in [2.75, 3.05) is 0 Å². The molecule has 0 aliphatic carbocycles. The van der Waals surface area contributed by atoms with E-state index >= 15 is 13.2 Å². The van der Waals surface area contributed by atoms with Gasteiger partial charge >= 0.3 is 6.18 Å². The topological polar surface area (TPSA) is 38.0 Å². The summed E-state index contributed by atoms with van der Waals surface area (Å²) >= 11 is 0. The number of alkyl halides is 3. The SMILES string of the molecule is [C-]#[N+]c1cc(-n2c3cc(-c4c(C)cc(C)cc4C)ccc3c3ccc(-c4c(C)cc(C)cc4C)cc32)c(-c2ccc(C#N)cc2C(F)(F)F)cc1-n1c2cc(-c3c(C)cc(C)cc3C)ccc2c2ccc(-c3c(C)cc(C)cc3C)cc21. The second-order valence-electron chi connectivity index (χ2n) is 23.0. The van der Waals surface area contributed by atoms with Crippen LogP contribution in [0.15, 0.2) is 152 Å². The van der Waals surface area contributed by atoms with Gasteiger partial charge in [0.2, 0.25) is 5.69 Å². The lowest BCUT2D eigenvalue weighted by Gasteiger charge is -2.22. The van der Waals surface area contributed by atoms with Crippen LogP contribution in [0.3, 0.4) is 0 Å². The molecule has 402 valence electrons. The molecule has 0 fully saturated rings. The van der Waals surface area contributed by atoms with Crippen molar-refractivity contribution in [3.05, 3.63) is 241 Å². The van der Waals surface area contributed by atoms with E-state index in [4.69, 9.17) is 0 Å². The molecule has 7 heteroatoms. The molecule has 4 nitrogen and oxygen atoms in total. The van der Waals surface area contributed by atoms with Gasteiger partial charge in [-0.25, -0.2) is 4.85 Å². The fourth-order valence-electron chi connectivity index (χ4n) is 14.0. The third-order valence-corrected chi connectivity index (χ3v) is 16.8. The summed E-state index contributed by atoms with van der Waals surface area (Å²) < 4.78 is 52.4. The lowest BCUT2D eigenvalue weighted by atomic mass is 9.92. The van der Waals surface area contributed by atoms with E-state index in [0.717, 1.165) is 161 Å². The van der Waals surface area contributed by atoms with E-state index in [2.05, 4.69) is 218 Å². The molecular weight excluding hydrogens is 1010 g/mol. The summed E-state index contributed by atoms with van der Waals surface area (Å²) in [5, 5.41) is 13.9. The van der Waals surface area contributed by atoms with Gasteiger partial charge in [0, 0.05) is 32.8 Å². The molecule has 0 saturated heterocycles. The van der Waals surface area contributed by atoms with Gasteiger partial charge < -0.3 is 9.13 Å². The van der Waals surface area contributed by atoms with E-state index in [1.54, 1.807) is 12.1 Å². The second-order valence-corrected chi connectivity index (χ2v) is 23.0. The number of nitrogens with zero attached hydrogens (tertiary/aromatic N) is 4. The average molecular weight is 1080 g/mol. The molecule has 0 N–H and O–H groups in total. The first-order valence-electron chi connectivity index (χ1n) is 27.8. The van der Waals surface area contributed by atoms with Gasteiger partial charge in [0.15, 0.2) is 0 Å². The van der Waals surface area contributed by atoms with Gasteiger partial charge in [0.05, 0.1) is 51.5 Å². The predicted molar refractivity (Wildman–Crippen MR) is 335 cm³/mol. The van der Waals surface area contributed by atoms with Crippen LogP contribution in [0.25, 0.3) is 115 Å². The summed E-state index contributed by atoms with van der Waals surface area (Å²) in [4.78, 5) is 4.38. The largest absolute Gasteiger partial charge is 0.417 e. The Morgan fingerprint density at radius 1 is 0.378 bits per heavy atom. The van der Waals surface area contributed by atoms with Gasteiger partial charge in [-0.3, -0.25) is 0 Å². The number of aryl methyl sites for hydroxylation is 12. The number of aromatic nitrogens is 2. The zero-order valence-electron chi connectivity index (χ0n) is 48.4. The maximum atomic E-state index is 16.1. The summed E-state index contributed by atoms with van der Waals surface area (Å²) in [5.41, 5.74) is 25.1. The maximum Gasteiger partial charge on any atom is 0.417 e. The average Bonchev–Trinajstić information content (AvgIpc) is 1.79. The minimum absolute atomic E-state index is 0.111. The van der Waals surface area contributed by atoms with Crippen molar-refractivity contribution in [1.82, 2.24) is 9.13 Å². The molecule has 0 spiro atoms. The molecule has 2 heterocycles. The highest BCUT2D eigenvalue weighted by Crippen LogP contribution is 2.49. The smallest absolute Gasteiger partial charge is 0.319 e. The van der Waals surface area contributed by atoms with E-state index in [9.17, 15) is 11.8 Å². The minimum Gasteiger partial charge on any atom is -0.319 e. The first-order chi connectivity index (χ1) is 39.1. The summed E-state index contributed by atoms with van der Waals surface area (Å²) in [7, 11) is 0. The first-order valence-corrected chi connectivity index (χ1v) is 27.8. The van der Waals surface area contributed by atoms with Gasteiger partial charge in [-0.1, -0.05) is 125 Å². The molecule has 12 rings (SSSR count). The van der Waals surface area contributed by atoms with Crippen molar-refractivity contribution >= 4 is 49.3 Å². The second kappa shape index (κ2) is 19.7. The molecule has 82 heavy (non-hydrogen) atoms. The molecule has 10 aromatic carbocycles. The normalized spacial score (nSPS) is 11.8. The van der Waals surface area contributed by atoms with E-state index < -0.39 is 11.7 Å². The van der Waals surface area contributed by atoms with Crippen LogP contribution in [0.4, 0.5) is 18.9 Å². The number of hydrogen-bond donors (Lipinski definition) is 0. The fraction of sp³-hybridized carbons (Fsp3) is 0.173. The van der Waals surface area contributed by atoms with E-state index in [0.29, 0.717) is 11.4 Å². The summed E-state index contributed by atoms with van der Waals surface area (Å²) in [6.07, 6.45) is -4.87. The highest BCUT2D eigenvalue weighted by molar-refractivity contribution is 6.14. The molecule has 0 aliphatic rings. The van der Waals surface area contributed by atoms with Crippen molar-refractivity contribution in [2.24, 2.45) is 0 Å². The van der Waals surface area contributed by atoms with Crippen LogP contribution in [0, 0.1) is 101 Å². The zero-order chi connectivity index (χ0) is 58.0. The fourth-order valence-corrected chi connectivity index (χ4v) is 14.0. The van der Waals surface area contributed by atoms with Gasteiger partial charge in [-0.15, -0.1) is 0 Å². The Morgan fingerprint density at radius 3 is 0.988 bits per heavy atom. The van der Waals surface area contributed by atoms with Gasteiger partial charge in [0.1, 0.15) is 0 Å². The van der Waals surface area contributed by atoms with Crippen molar-refractivity contribution in [3.63, 3.8) is 0 Å². The molecule has 0 unspecified atom stereocenters. The van der Waals surface area contributed by atoms with Crippen LogP contribution in [0.5, 0.6) is 0 Å². The van der Waals surface area contributed by atoms with Crippen molar-refractivity contribution < 1.29 is 13.2 Å². The Bertz CT molecular complexity index is 4510. The van der Waals surface area contributed by atoms with Crippen LogP contribution < -0.4 is 0 Å². The Balaban J connectivity index is 1.26. The van der Waals surface area contributed by atoms with Gasteiger partial charge in [-0.05, 0) is 226 Å². The van der Waals surface area contributed by atoms with Crippen molar-refractivity contribution in [3.8, 4) is 73.1 Å². The molecule has 2 aromatic heterocycles. The Hall–Kier alpha value is -9.43. The molecule has 0 radical (unpaired) electrons. The number of fused-ring (bicyclic) bond motifs is 6. The Kier molecular flexibility index (Phi) is 12.8. The molecule has 0 aliphatic heterocycles. The summed E-state index contributed by atoms with van der Waals surface area (Å²) in [6, 6.07) is 52.6. The molecule has 0 bridgehead atoms. The van der Waals surface area contributed by atoms with Crippen molar-refractivity contribution in [1.29, 1.82) is 5.26 Å². The highest BCUT2D eigenvalue weighted by Gasteiger charge is 2.36. The molecular formula is C75H61F3N4. The molecule has 0 saturated carbocycles. The first kappa shape index (κ1) is 53.2. The van der Waals surface area contributed by atoms with Crippen LogP contribution >= 0.6 is 0 Å². The Labute approximate surface area is 477 Å². The van der Waals surface area contributed by atoms with E-state index in [1.165, 1.54) is 12.1 Å². The van der Waals surface area contributed by atoms with Crippen LogP contribution in [-0.2, 0) is 6.18 Å². The molecule has 0 atom stereocenters. The number of hydrogen-bond acceptors (Lipinski definition) is 1. The van der Waals surface area contributed by atoms with Crippen LogP contribution in [0.2, 0.25) is 0 Å². The molecule has 12 aromatic rings. The van der Waals surface area contributed by atoms with E-state index in [-0.39, 0.29) is 22.4 Å². The summed E-state index contributed by atoms with van der Waals surface area (Å²) in [6.45, 7) is 34.6. The third-order valence-electron chi connectivity index (χ3n) is 16.8. The monoisotopic (exact) mass is 1070 g/mol. The van der Waals surface area contributed by atoms with Crippen molar-refractivity contribution in [2.45, 2.75) is 89.3 Å². The van der Waals surface area contributed by atoms with Crippen LogP contribution in [-0.4, -0.2) is 9.13 Å². The Morgan fingerprint density at radius 2 is 0.695 bits per heavy atom. The van der Waals surface area contributed by atoms with Gasteiger partial charge in [0.25, 0.3) is 0 Å². The number of nitriles is 1. The molecule has 0 amide bonds. The van der Waals surface area contributed by atoms with Gasteiger partial charge in [-0.2, -0.15) is 18.4 Å². The van der Waals surface area contributed by atoms with Crippen LogP contribution in [0.1, 0.15) is 77.9 Å². The lowest BCUT2D eigenvalue weighted by molar-refractivity contribution is -0.137. The summed E-state index contributed by atoms with van der Waals surface area (Å²) in [5.74, 6) is 0. The maximum absolute atomic E-state index is 16.1. The standard InChI is InChI=1S/C75H61F3N4/c1-40-24-44(5)71(45(6)25-40)53-15-20-58-59-21-16-54(72-46(7)26-41(2)27-47(72)8)34-66(59)81(65(58)33-53)69-38-64(80-13)70(37-62(69)57-19-14-52(39-79)32-63(57)75(76,77)78)82-67-35-55(73-48(9)28-42(3)29-49(73)10)17-22-60(67)61-23-18-56(36-68(61)82)74-50(11)30-43(4)31-51(74)12/h14-38H,1-12H3. The number of benzene rings is 10. The zero-order valence-corrected chi connectivity index (χ0v) is 48.4. The number of rotatable bonds is 7. The lowest BCUT2D eigenvalue weighted by Crippen LogP contribution is -2.09. The quantitative estimate of drug-likeness (QED) is 0.147. The minimum atomic E-state index is -4.87. The predicted octanol–water partition coefficient (Wildman–Crippen LogP) is 21.4. The third kappa shape index (κ3) is 8.75.